The number of aliphatic hydroxyl groups excluding tert-OH is 1. The van der Waals surface area contributed by atoms with Crippen molar-refractivity contribution in [2.45, 2.75) is 45.6 Å². The van der Waals surface area contributed by atoms with E-state index in [0.29, 0.717) is 18.4 Å². The second-order valence-corrected chi connectivity index (χ2v) is 4.85. The van der Waals surface area contributed by atoms with Crippen molar-refractivity contribution in [1.29, 1.82) is 0 Å². The van der Waals surface area contributed by atoms with Crippen LogP contribution in [0.3, 0.4) is 0 Å². The van der Waals surface area contributed by atoms with Crippen LogP contribution < -0.4 is 4.74 Å². The first-order chi connectivity index (χ1) is 8.19. The molecule has 0 spiro atoms. The molecule has 2 rings (SSSR count). The Labute approximate surface area is 102 Å². The maximum Gasteiger partial charge on any atom is 0.235 e. The standard InChI is InChI=1S/C13H20N2O2/c1-9-7-14-10(2)13(15-9)17-12-5-3-11(8-16)4-6-12/h7,11-12,16H,3-6,8H2,1-2H3. The molecule has 4 nitrogen and oxygen atoms in total. The number of aromatic nitrogens is 2. The van der Waals surface area contributed by atoms with Crippen LogP contribution in [0.15, 0.2) is 6.20 Å². The first-order valence-electron chi connectivity index (χ1n) is 6.26. The molecule has 1 fully saturated rings. The summed E-state index contributed by atoms with van der Waals surface area (Å²) < 4.78 is 5.90. The SMILES string of the molecule is Cc1cnc(C)c(OC2CCC(CO)CC2)n1. The van der Waals surface area contributed by atoms with Crippen molar-refractivity contribution in [3.05, 3.63) is 17.6 Å². The zero-order chi connectivity index (χ0) is 12.3. The average molecular weight is 236 g/mol. The fourth-order valence-electron chi connectivity index (χ4n) is 2.22. The third kappa shape index (κ3) is 3.16. The summed E-state index contributed by atoms with van der Waals surface area (Å²) in [7, 11) is 0. The van der Waals surface area contributed by atoms with Gasteiger partial charge in [-0.15, -0.1) is 0 Å². The lowest BCUT2D eigenvalue weighted by Crippen LogP contribution is -2.26. The molecule has 4 heteroatoms. The first kappa shape index (κ1) is 12.3. The fourth-order valence-corrected chi connectivity index (χ4v) is 2.22. The van der Waals surface area contributed by atoms with Crippen LogP contribution in [0.5, 0.6) is 5.88 Å². The lowest BCUT2D eigenvalue weighted by Gasteiger charge is -2.27. The van der Waals surface area contributed by atoms with E-state index in [0.717, 1.165) is 37.1 Å². The number of nitrogens with zero attached hydrogens (tertiary/aromatic N) is 2. The van der Waals surface area contributed by atoms with Crippen LogP contribution >= 0.6 is 0 Å². The Balaban J connectivity index is 1.95. The molecule has 0 aliphatic heterocycles. The Bertz CT molecular complexity index is 374. The van der Waals surface area contributed by atoms with E-state index >= 15 is 0 Å². The van der Waals surface area contributed by atoms with Crippen molar-refractivity contribution >= 4 is 0 Å². The van der Waals surface area contributed by atoms with Gasteiger partial charge in [0.2, 0.25) is 5.88 Å². The van der Waals surface area contributed by atoms with E-state index in [1.54, 1.807) is 6.20 Å². The topological polar surface area (TPSA) is 55.2 Å². The van der Waals surface area contributed by atoms with Gasteiger partial charge < -0.3 is 9.84 Å². The molecule has 0 aromatic carbocycles. The van der Waals surface area contributed by atoms with Crippen molar-refractivity contribution in [1.82, 2.24) is 9.97 Å². The summed E-state index contributed by atoms with van der Waals surface area (Å²) in [6, 6.07) is 0. The minimum Gasteiger partial charge on any atom is -0.473 e. The summed E-state index contributed by atoms with van der Waals surface area (Å²) in [5, 5.41) is 9.08. The molecule has 0 unspecified atom stereocenters. The molecule has 0 saturated heterocycles. The van der Waals surface area contributed by atoms with Gasteiger partial charge >= 0.3 is 0 Å². The van der Waals surface area contributed by atoms with Crippen molar-refractivity contribution in [2.24, 2.45) is 5.92 Å². The predicted molar refractivity (Wildman–Crippen MR) is 65.0 cm³/mol. The molecular formula is C13H20N2O2. The number of aryl methyl sites for hydroxylation is 2. The highest BCUT2D eigenvalue weighted by molar-refractivity contribution is 5.18. The van der Waals surface area contributed by atoms with E-state index in [1.165, 1.54) is 0 Å². The van der Waals surface area contributed by atoms with E-state index < -0.39 is 0 Å². The van der Waals surface area contributed by atoms with Gasteiger partial charge in [0.25, 0.3) is 0 Å². The number of aliphatic hydroxyl groups is 1. The van der Waals surface area contributed by atoms with E-state index in [2.05, 4.69) is 9.97 Å². The van der Waals surface area contributed by atoms with Crippen LogP contribution in [0.2, 0.25) is 0 Å². The highest BCUT2D eigenvalue weighted by Crippen LogP contribution is 2.27. The van der Waals surface area contributed by atoms with Gasteiger partial charge in [-0.05, 0) is 45.4 Å². The highest BCUT2D eigenvalue weighted by atomic mass is 16.5. The number of hydrogen-bond donors (Lipinski definition) is 1. The fraction of sp³-hybridized carbons (Fsp3) is 0.692. The molecule has 1 aromatic heterocycles. The Morgan fingerprint density at radius 1 is 1.29 bits per heavy atom. The van der Waals surface area contributed by atoms with Gasteiger partial charge in [-0.3, -0.25) is 4.98 Å². The zero-order valence-electron chi connectivity index (χ0n) is 10.5. The summed E-state index contributed by atoms with van der Waals surface area (Å²) in [5.41, 5.74) is 1.73. The predicted octanol–water partition coefficient (Wildman–Crippen LogP) is 2.02. The average Bonchev–Trinajstić information content (AvgIpc) is 2.35. The molecule has 0 amide bonds. The normalized spacial score (nSPS) is 24.6. The molecule has 1 heterocycles. The smallest absolute Gasteiger partial charge is 0.235 e. The van der Waals surface area contributed by atoms with Gasteiger partial charge in [0.1, 0.15) is 6.10 Å². The van der Waals surface area contributed by atoms with Gasteiger partial charge in [0.15, 0.2) is 0 Å². The van der Waals surface area contributed by atoms with Gasteiger partial charge in [-0.1, -0.05) is 0 Å². The van der Waals surface area contributed by atoms with Gasteiger partial charge in [-0.25, -0.2) is 4.98 Å². The lowest BCUT2D eigenvalue weighted by molar-refractivity contribution is 0.0993. The third-order valence-electron chi connectivity index (χ3n) is 3.36. The van der Waals surface area contributed by atoms with Crippen molar-refractivity contribution in [3.63, 3.8) is 0 Å². The van der Waals surface area contributed by atoms with Gasteiger partial charge in [0, 0.05) is 12.8 Å². The minimum absolute atomic E-state index is 0.229. The summed E-state index contributed by atoms with van der Waals surface area (Å²) in [6.45, 7) is 4.14. The number of rotatable bonds is 3. The third-order valence-corrected chi connectivity index (χ3v) is 3.36. The molecule has 0 bridgehead atoms. The van der Waals surface area contributed by atoms with Gasteiger partial charge in [-0.2, -0.15) is 0 Å². The largest absolute Gasteiger partial charge is 0.473 e. The summed E-state index contributed by atoms with van der Waals surface area (Å²) in [6.07, 6.45) is 6.07. The zero-order valence-corrected chi connectivity index (χ0v) is 10.5. The van der Waals surface area contributed by atoms with Crippen LogP contribution in [0.1, 0.15) is 37.1 Å². The molecule has 0 radical (unpaired) electrons. The van der Waals surface area contributed by atoms with E-state index in [4.69, 9.17) is 9.84 Å². The van der Waals surface area contributed by atoms with Crippen molar-refractivity contribution in [2.75, 3.05) is 6.61 Å². The Morgan fingerprint density at radius 2 is 2.00 bits per heavy atom. The second kappa shape index (κ2) is 5.45. The minimum atomic E-state index is 0.229. The molecule has 17 heavy (non-hydrogen) atoms. The number of hydrogen-bond acceptors (Lipinski definition) is 4. The molecule has 1 saturated carbocycles. The summed E-state index contributed by atoms with van der Waals surface area (Å²) in [5.74, 6) is 1.12. The highest BCUT2D eigenvalue weighted by Gasteiger charge is 2.22. The summed E-state index contributed by atoms with van der Waals surface area (Å²) in [4.78, 5) is 8.62. The van der Waals surface area contributed by atoms with Crippen LogP contribution in [0, 0.1) is 19.8 Å². The molecule has 0 atom stereocenters. The molecule has 94 valence electrons. The van der Waals surface area contributed by atoms with Crippen molar-refractivity contribution < 1.29 is 9.84 Å². The molecule has 1 aliphatic carbocycles. The number of ether oxygens (including phenoxy) is 1. The second-order valence-electron chi connectivity index (χ2n) is 4.85. The van der Waals surface area contributed by atoms with E-state index in [-0.39, 0.29) is 6.10 Å². The Hall–Kier alpha value is -1.16. The first-order valence-corrected chi connectivity index (χ1v) is 6.26. The molecule has 1 aliphatic rings. The quantitative estimate of drug-likeness (QED) is 0.872. The monoisotopic (exact) mass is 236 g/mol. The van der Waals surface area contributed by atoms with E-state index in [1.807, 2.05) is 13.8 Å². The van der Waals surface area contributed by atoms with Crippen LogP contribution in [-0.2, 0) is 0 Å². The molecule has 1 N–H and O–H groups in total. The van der Waals surface area contributed by atoms with Crippen LogP contribution in [0.25, 0.3) is 0 Å². The van der Waals surface area contributed by atoms with Crippen LogP contribution in [-0.4, -0.2) is 27.8 Å². The molecule has 1 aromatic rings. The maximum atomic E-state index is 9.08. The lowest BCUT2D eigenvalue weighted by atomic mass is 9.88. The maximum absolute atomic E-state index is 9.08. The van der Waals surface area contributed by atoms with E-state index in [9.17, 15) is 0 Å². The van der Waals surface area contributed by atoms with Gasteiger partial charge in [0.05, 0.1) is 11.4 Å². The molecular weight excluding hydrogens is 216 g/mol. The Kier molecular flexibility index (Phi) is 3.94. The van der Waals surface area contributed by atoms with Crippen LogP contribution in [0.4, 0.5) is 0 Å². The Morgan fingerprint density at radius 3 is 2.65 bits per heavy atom. The summed E-state index contributed by atoms with van der Waals surface area (Å²) >= 11 is 0. The van der Waals surface area contributed by atoms with Crippen molar-refractivity contribution in [3.8, 4) is 5.88 Å².